The highest BCUT2D eigenvalue weighted by molar-refractivity contribution is 9.10. The minimum Gasteiger partial charge on any atom is -0.350 e. The SMILES string of the molecule is O=C(NCc1ccc(Br)cc1)[C@@H]1c2ccccc2CCN1C(=O)C1CC1. The first-order valence-electron chi connectivity index (χ1n) is 9.04. The molecule has 4 rings (SSSR count). The summed E-state index contributed by atoms with van der Waals surface area (Å²) in [6.07, 6.45) is 2.71. The molecule has 1 aliphatic carbocycles. The highest BCUT2D eigenvalue weighted by Crippen LogP contribution is 2.37. The van der Waals surface area contributed by atoms with E-state index in [1.807, 2.05) is 42.5 Å². The van der Waals surface area contributed by atoms with Crippen LogP contribution in [0.25, 0.3) is 0 Å². The Morgan fingerprint density at radius 2 is 1.81 bits per heavy atom. The minimum atomic E-state index is -0.525. The Morgan fingerprint density at radius 1 is 1.08 bits per heavy atom. The van der Waals surface area contributed by atoms with Gasteiger partial charge in [-0.2, -0.15) is 0 Å². The molecule has 0 spiro atoms. The van der Waals surface area contributed by atoms with Crippen LogP contribution in [0, 0.1) is 5.92 Å². The number of nitrogens with zero attached hydrogens (tertiary/aromatic N) is 1. The van der Waals surface area contributed by atoms with Gasteiger partial charge in [-0.3, -0.25) is 9.59 Å². The third-order valence-electron chi connectivity index (χ3n) is 5.12. The van der Waals surface area contributed by atoms with Crippen molar-refractivity contribution in [1.29, 1.82) is 0 Å². The Hall–Kier alpha value is -2.14. The van der Waals surface area contributed by atoms with Crippen LogP contribution in [-0.4, -0.2) is 23.3 Å². The second-order valence-electron chi connectivity index (χ2n) is 7.00. The molecule has 134 valence electrons. The number of nitrogens with one attached hydrogen (secondary N) is 1. The number of amides is 2. The van der Waals surface area contributed by atoms with Crippen LogP contribution in [-0.2, 0) is 22.6 Å². The van der Waals surface area contributed by atoms with Crippen LogP contribution < -0.4 is 5.32 Å². The lowest BCUT2D eigenvalue weighted by Crippen LogP contribution is -2.47. The molecular formula is C21H21BrN2O2. The molecule has 2 aliphatic rings. The van der Waals surface area contributed by atoms with Crippen molar-refractivity contribution in [2.45, 2.75) is 31.8 Å². The predicted octanol–water partition coefficient (Wildman–Crippen LogP) is 3.60. The van der Waals surface area contributed by atoms with Gasteiger partial charge >= 0.3 is 0 Å². The van der Waals surface area contributed by atoms with E-state index in [0.717, 1.165) is 40.4 Å². The summed E-state index contributed by atoms with van der Waals surface area (Å²) in [6, 6.07) is 15.3. The van der Waals surface area contributed by atoms with Crippen molar-refractivity contribution >= 4 is 27.7 Å². The van der Waals surface area contributed by atoms with Gasteiger partial charge in [0.25, 0.3) is 0 Å². The highest BCUT2D eigenvalue weighted by Gasteiger charge is 2.41. The Labute approximate surface area is 161 Å². The number of rotatable bonds is 4. The molecule has 0 radical (unpaired) electrons. The lowest BCUT2D eigenvalue weighted by atomic mass is 9.91. The van der Waals surface area contributed by atoms with Crippen molar-refractivity contribution in [3.8, 4) is 0 Å². The van der Waals surface area contributed by atoms with Crippen LogP contribution >= 0.6 is 15.9 Å². The molecule has 1 aliphatic heterocycles. The molecule has 0 saturated heterocycles. The number of halogens is 1. The van der Waals surface area contributed by atoms with E-state index in [1.54, 1.807) is 4.90 Å². The monoisotopic (exact) mass is 412 g/mol. The maximum atomic E-state index is 13.0. The Kier molecular flexibility index (Phi) is 4.81. The first-order chi connectivity index (χ1) is 12.6. The van der Waals surface area contributed by atoms with Gasteiger partial charge in [0.15, 0.2) is 0 Å². The van der Waals surface area contributed by atoms with Crippen molar-refractivity contribution in [3.63, 3.8) is 0 Å². The zero-order valence-electron chi connectivity index (χ0n) is 14.5. The van der Waals surface area contributed by atoms with E-state index < -0.39 is 6.04 Å². The Morgan fingerprint density at radius 3 is 2.54 bits per heavy atom. The van der Waals surface area contributed by atoms with Crippen molar-refractivity contribution in [3.05, 3.63) is 69.7 Å². The summed E-state index contributed by atoms with van der Waals surface area (Å²) in [7, 11) is 0. The molecule has 2 aromatic carbocycles. The predicted molar refractivity (Wildman–Crippen MR) is 103 cm³/mol. The van der Waals surface area contributed by atoms with Crippen LogP contribution in [0.15, 0.2) is 53.0 Å². The molecule has 1 heterocycles. The number of carbonyl (C=O) groups excluding carboxylic acids is 2. The fourth-order valence-electron chi connectivity index (χ4n) is 3.54. The molecule has 1 fully saturated rings. The van der Waals surface area contributed by atoms with E-state index >= 15 is 0 Å². The van der Waals surface area contributed by atoms with Gasteiger partial charge < -0.3 is 10.2 Å². The summed E-state index contributed by atoms with van der Waals surface area (Å²) in [5.74, 6) is 0.138. The molecule has 2 amide bonds. The topological polar surface area (TPSA) is 49.4 Å². The van der Waals surface area contributed by atoms with Gasteiger partial charge in [-0.15, -0.1) is 0 Å². The minimum absolute atomic E-state index is 0.103. The van der Waals surface area contributed by atoms with Crippen molar-refractivity contribution in [2.75, 3.05) is 6.54 Å². The molecule has 26 heavy (non-hydrogen) atoms. The molecule has 0 unspecified atom stereocenters. The van der Waals surface area contributed by atoms with Gasteiger partial charge in [-0.05, 0) is 48.1 Å². The maximum absolute atomic E-state index is 13.0. The van der Waals surface area contributed by atoms with E-state index in [9.17, 15) is 9.59 Å². The first-order valence-corrected chi connectivity index (χ1v) is 9.83. The molecule has 4 nitrogen and oxygen atoms in total. The van der Waals surface area contributed by atoms with Gasteiger partial charge in [0.05, 0.1) is 0 Å². The average Bonchev–Trinajstić information content (AvgIpc) is 3.51. The fourth-order valence-corrected chi connectivity index (χ4v) is 3.80. The van der Waals surface area contributed by atoms with E-state index in [-0.39, 0.29) is 17.7 Å². The molecule has 0 aromatic heterocycles. The maximum Gasteiger partial charge on any atom is 0.247 e. The summed E-state index contributed by atoms with van der Waals surface area (Å²) >= 11 is 3.42. The van der Waals surface area contributed by atoms with Crippen LogP contribution in [0.5, 0.6) is 0 Å². The number of hydrogen-bond donors (Lipinski definition) is 1. The van der Waals surface area contributed by atoms with Gasteiger partial charge in [0, 0.05) is 23.5 Å². The third-order valence-corrected chi connectivity index (χ3v) is 5.65. The molecule has 1 saturated carbocycles. The molecular weight excluding hydrogens is 392 g/mol. The molecule has 5 heteroatoms. The van der Waals surface area contributed by atoms with Gasteiger partial charge in [0.1, 0.15) is 6.04 Å². The van der Waals surface area contributed by atoms with Crippen LogP contribution in [0.3, 0.4) is 0 Å². The summed E-state index contributed by atoms with van der Waals surface area (Å²) in [5, 5.41) is 3.03. The Bertz CT molecular complexity index is 830. The standard InChI is InChI=1S/C21H21BrN2O2/c22-17-9-5-14(6-10-17)13-23-20(25)19-18-4-2-1-3-15(18)11-12-24(19)21(26)16-7-8-16/h1-6,9-10,16,19H,7-8,11-13H2,(H,23,25)/t19-/m0/s1. The van der Waals surface area contributed by atoms with E-state index in [4.69, 9.17) is 0 Å². The summed E-state index contributed by atoms with van der Waals surface area (Å²) in [5.41, 5.74) is 3.16. The third kappa shape index (κ3) is 3.54. The van der Waals surface area contributed by atoms with Crippen LogP contribution in [0.2, 0.25) is 0 Å². The highest BCUT2D eigenvalue weighted by atomic mass is 79.9. The smallest absolute Gasteiger partial charge is 0.247 e. The van der Waals surface area contributed by atoms with E-state index in [2.05, 4.69) is 27.3 Å². The molecule has 0 bridgehead atoms. The summed E-state index contributed by atoms with van der Waals surface area (Å²) in [4.78, 5) is 27.6. The normalized spacial score (nSPS) is 19.0. The fraction of sp³-hybridized carbons (Fsp3) is 0.333. The Balaban J connectivity index is 1.55. The van der Waals surface area contributed by atoms with Gasteiger partial charge in [-0.25, -0.2) is 0 Å². The number of hydrogen-bond acceptors (Lipinski definition) is 2. The second-order valence-corrected chi connectivity index (χ2v) is 7.92. The number of fused-ring (bicyclic) bond motifs is 1. The second kappa shape index (κ2) is 7.23. The zero-order valence-corrected chi connectivity index (χ0v) is 16.0. The lowest BCUT2D eigenvalue weighted by Gasteiger charge is -2.36. The van der Waals surface area contributed by atoms with E-state index in [0.29, 0.717) is 13.1 Å². The summed E-state index contributed by atoms with van der Waals surface area (Å²) in [6.45, 7) is 1.07. The van der Waals surface area contributed by atoms with Crippen molar-refractivity contribution < 1.29 is 9.59 Å². The quantitative estimate of drug-likeness (QED) is 0.833. The molecule has 2 aromatic rings. The van der Waals surface area contributed by atoms with E-state index in [1.165, 1.54) is 0 Å². The average molecular weight is 413 g/mol. The summed E-state index contributed by atoms with van der Waals surface area (Å²) < 4.78 is 1.01. The number of carbonyl (C=O) groups is 2. The largest absolute Gasteiger partial charge is 0.350 e. The van der Waals surface area contributed by atoms with Crippen LogP contribution in [0.1, 0.15) is 35.6 Å². The lowest BCUT2D eigenvalue weighted by molar-refractivity contribution is -0.142. The van der Waals surface area contributed by atoms with Crippen molar-refractivity contribution in [1.82, 2.24) is 10.2 Å². The first kappa shape index (κ1) is 17.3. The van der Waals surface area contributed by atoms with Crippen LogP contribution in [0.4, 0.5) is 0 Å². The van der Waals surface area contributed by atoms with Gasteiger partial charge in [0.2, 0.25) is 11.8 Å². The molecule has 1 N–H and O–H groups in total. The number of benzene rings is 2. The molecule has 1 atom stereocenters. The van der Waals surface area contributed by atoms with Crippen molar-refractivity contribution in [2.24, 2.45) is 5.92 Å². The van der Waals surface area contributed by atoms with Gasteiger partial charge in [-0.1, -0.05) is 52.3 Å². The zero-order chi connectivity index (χ0) is 18.1.